The third-order valence-electron chi connectivity index (χ3n) is 7.54. The minimum Gasteiger partial charge on any atom is -0.459 e. The summed E-state index contributed by atoms with van der Waals surface area (Å²) in [6, 6.07) is 7.11. The Morgan fingerprint density at radius 3 is 2.77 bits per heavy atom. The predicted octanol–water partition coefficient (Wildman–Crippen LogP) is 3.89. The average molecular weight is 433 g/mol. The molecular weight excluding hydrogens is 400 g/mol. The number of rotatable bonds is 4. The fourth-order valence-corrected chi connectivity index (χ4v) is 6.06. The molecule has 30 heavy (non-hydrogen) atoms. The van der Waals surface area contributed by atoms with Crippen LogP contribution in [0.2, 0.25) is 0 Å². The third-order valence-corrected chi connectivity index (χ3v) is 7.54. The average Bonchev–Trinajstić information content (AvgIpc) is 3.31. The van der Waals surface area contributed by atoms with Gasteiger partial charge < -0.3 is 14.4 Å². The molecule has 0 spiro atoms. The molecule has 1 aromatic carbocycles. The van der Waals surface area contributed by atoms with Crippen LogP contribution in [0.5, 0.6) is 0 Å². The van der Waals surface area contributed by atoms with Crippen molar-refractivity contribution in [1.82, 2.24) is 9.47 Å². The van der Waals surface area contributed by atoms with Gasteiger partial charge in [0.1, 0.15) is 6.10 Å². The summed E-state index contributed by atoms with van der Waals surface area (Å²) in [6.45, 7) is 7.07. The fraction of sp³-hybridized carbons (Fsp3) is 0.625. The SMILES string of the molecule is CCN1CC(C(=O)OC2CCCC2O)C[C@@H]2c3cccc4c3c(cn4CC)C[C@H]21.Cl. The Bertz CT molecular complexity index is 927. The van der Waals surface area contributed by atoms with E-state index in [1.54, 1.807) is 0 Å². The zero-order valence-electron chi connectivity index (χ0n) is 17.9. The predicted molar refractivity (Wildman–Crippen MR) is 120 cm³/mol. The van der Waals surface area contributed by atoms with Crippen molar-refractivity contribution >= 4 is 29.3 Å². The molecule has 5 nitrogen and oxygen atoms in total. The molecule has 0 radical (unpaired) electrons. The number of likely N-dealkylation sites (N-methyl/N-ethyl adjacent to an activating group) is 1. The number of aliphatic hydroxyl groups excluding tert-OH is 1. The molecule has 2 heterocycles. The molecule has 6 heteroatoms. The number of likely N-dealkylation sites (tertiary alicyclic amines) is 1. The van der Waals surface area contributed by atoms with Crippen LogP contribution in [0, 0.1) is 5.92 Å². The molecule has 1 aromatic heterocycles. The Kier molecular flexibility index (Phi) is 6.16. The molecule has 0 amide bonds. The highest BCUT2D eigenvalue weighted by molar-refractivity contribution is 5.89. The van der Waals surface area contributed by atoms with Crippen LogP contribution in [-0.2, 0) is 22.5 Å². The highest BCUT2D eigenvalue weighted by Gasteiger charge is 2.43. The van der Waals surface area contributed by atoms with E-state index in [-0.39, 0.29) is 30.4 Å². The normalized spacial score (nSPS) is 30.7. The molecule has 164 valence electrons. The van der Waals surface area contributed by atoms with Crippen LogP contribution in [0.15, 0.2) is 24.4 Å². The number of aliphatic hydroxyl groups is 1. The molecular formula is C24H33ClN2O3. The number of fused-ring (bicyclic) bond motifs is 2. The van der Waals surface area contributed by atoms with Crippen LogP contribution in [0.1, 0.15) is 56.6 Å². The zero-order chi connectivity index (χ0) is 20.1. The lowest BCUT2D eigenvalue weighted by Gasteiger charge is -2.46. The topological polar surface area (TPSA) is 54.7 Å². The van der Waals surface area contributed by atoms with Crippen molar-refractivity contribution in [3.8, 4) is 0 Å². The first kappa shape index (κ1) is 21.7. The number of nitrogens with zero attached hydrogens (tertiary/aromatic N) is 2. The third kappa shape index (κ3) is 3.45. The van der Waals surface area contributed by atoms with E-state index in [0.29, 0.717) is 12.0 Å². The smallest absolute Gasteiger partial charge is 0.310 e. The number of hydrogen-bond acceptors (Lipinski definition) is 4. The maximum absolute atomic E-state index is 13.0. The number of ether oxygens (including phenoxy) is 1. The number of carbonyl (C=O) groups is 1. The minimum atomic E-state index is -0.489. The molecule has 1 saturated heterocycles. The van der Waals surface area contributed by atoms with Crippen LogP contribution >= 0.6 is 12.4 Å². The van der Waals surface area contributed by atoms with Crippen LogP contribution in [0.25, 0.3) is 10.9 Å². The van der Waals surface area contributed by atoms with E-state index in [9.17, 15) is 9.90 Å². The number of benzene rings is 1. The molecule has 1 N–H and O–H groups in total. The van der Waals surface area contributed by atoms with E-state index < -0.39 is 6.10 Å². The Labute approximate surface area is 184 Å². The summed E-state index contributed by atoms with van der Waals surface area (Å²) in [5.41, 5.74) is 4.17. The standard InChI is InChI=1S/C24H32N2O3.ClH/c1-3-25-13-15-12-20-18(17-7-5-8-19(25)23(15)17)11-16(14-26(20)4-2)24(28)29-22-10-6-9-21(22)27;/h5,7-8,13,16,18,20-22,27H,3-4,6,9-12,14H2,1-2H3;1H/t16?,18-,20-,21?,22?;/m1./s1. The number of carbonyl (C=O) groups excluding carboxylic acids is 1. The van der Waals surface area contributed by atoms with E-state index in [2.05, 4.69) is 47.7 Å². The van der Waals surface area contributed by atoms with Crippen molar-refractivity contribution in [3.63, 3.8) is 0 Å². The van der Waals surface area contributed by atoms with Gasteiger partial charge in [0.05, 0.1) is 12.0 Å². The summed E-state index contributed by atoms with van der Waals surface area (Å²) in [4.78, 5) is 15.5. The van der Waals surface area contributed by atoms with E-state index in [4.69, 9.17) is 4.74 Å². The first-order valence-electron chi connectivity index (χ1n) is 11.3. The van der Waals surface area contributed by atoms with Gasteiger partial charge in [0, 0.05) is 42.1 Å². The van der Waals surface area contributed by atoms with E-state index in [1.165, 1.54) is 22.0 Å². The first-order valence-corrected chi connectivity index (χ1v) is 11.3. The van der Waals surface area contributed by atoms with Crippen molar-refractivity contribution < 1.29 is 14.6 Å². The highest BCUT2D eigenvalue weighted by atomic mass is 35.5. The van der Waals surface area contributed by atoms with Gasteiger partial charge in [0.2, 0.25) is 0 Å². The van der Waals surface area contributed by atoms with Gasteiger partial charge in [-0.3, -0.25) is 9.69 Å². The van der Waals surface area contributed by atoms with Gasteiger partial charge in [0.15, 0.2) is 0 Å². The Morgan fingerprint density at radius 2 is 2.07 bits per heavy atom. The summed E-state index contributed by atoms with van der Waals surface area (Å²) >= 11 is 0. The number of aryl methyl sites for hydroxylation is 1. The van der Waals surface area contributed by atoms with Crippen LogP contribution < -0.4 is 0 Å². The monoisotopic (exact) mass is 432 g/mol. The summed E-state index contributed by atoms with van der Waals surface area (Å²) in [5.74, 6) is 0.129. The van der Waals surface area contributed by atoms with Gasteiger partial charge in [-0.1, -0.05) is 19.1 Å². The van der Waals surface area contributed by atoms with Crippen molar-refractivity contribution in [1.29, 1.82) is 0 Å². The lowest BCUT2D eigenvalue weighted by Crippen LogP contribution is -2.51. The second-order valence-corrected chi connectivity index (χ2v) is 9.05. The molecule has 2 aromatic rings. The number of halogens is 1. The number of piperidine rings is 1. The molecule has 2 aliphatic carbocycles. The maximum atomic E-state index is 13.0. The van der Waals surface area contributed by atoms with E-state index in [1.807, 2.05) is 0 Å². The van der Waals surface area contributed by atoms with Crippen LogP contribution in [0.3, 0.4) is 0 Å². The second kappa shape index (κ2) is 8.52. The summed E-state index contributed by atoms with van der Waals surface area (Å²) < 4.78 is 8.14. The zero-order valence-corrected chi connectivity index (χ0v) is 18.7. The van der Waals surface area contributed by atoms with Gasteiger partial charge in [0.25, 0.3) is 0 Å². The molecule has 3 unspecified atom stereocenters. The van der Waals surface area contributed by atoms with Gasteiger partial charge in [-0.05, 0) is 62.8 Å². The molecule has 5 rings (SSSR count). The minimum absolute atomic E-state index is 0. The van der Waals surface area contributed by atoms with Gasteiger partial charge in [-0.15, -0.1) is 12.4 Å². The summed E-state index contributed by atoms with van der Waals surface area (Å²) in [6.07, 6.45) is 5.91. The second-order valence-electron chi connectivity index (χ2n) is 9.05. The van der Waals surface area contributed by atoms with Crippen molar-refractivity contribution in [2.75, 3.05) is 13.1 Å². The molecule has 0 bridgehead atoms. The molecule has 1 saturated carbocycles. The van der Waals surface area contributed by atoms with Crippen LogP contribution in [-0.4, -0.2) is 51.9 Å². The Morgan fingerprint density at radius 1 is 1.23 bits per heavy atom. The summed E-state index contributed by atoms with van der Waals surface area (Å²) in [7, 11) is 0. The Balaban J connectivity index is 0.00000218. The van der Waals surface area contributed by atoms with Gasteiger partial charge in [-0.2, -0.15) is 0 Å². The molecule has 3 aliphatic rings. The van der Waals surface area contributed by atoms with E-state index >= 15 is 0 Å². The number of hydrogen-bond donors (Lipinski definition) is 1. The largest absolute Gasteiger partial charge is 0.459 e. The van der Waals surface area contributed by atoms with Gasteiger partial charge >= 0.3 is 5.97 Å². The van der Waals surface area contributed by atoms with E-state index in [0.717, 1.165) is 51.7 Å². The molecule has 5 atom stereocenters. The fourth-order valence-electron chi connectivity index (χ4n) is 6.06. The number of aromatic nitrogens is 1. The Hall–Kier alpha value is -1.56. The van der Waals surface area contributed by atoms with Crippen molar-refractivity contribution in [3.05, 3.63) is 35.5 Å². The maximum Gasteiger partial charge on any atom is 0.310 e. The molecule has 1 aliphatic heterocycles. The highest BCUT2D eigenvalue weighted by Crippen LogP contribution is 2.45. The van der Waals surface area contributed by atoms with Crippen LogP contribution in [0.4, 0.5) is 0 Å². The lowest BCUT2D eigenvalue weighted by atomic mass is 9.72. The number of esters is 1. The van der Waals surface area contributed by atoms with Gasteiger partial charge in [-0.25, -0.2) is 0 Å². The first-order chi connectivity index (χ1) is 14.1. The quantitative estimate of drug-likeness (QED) is 0.744. The summed E-state index contributed by atoms with van der Waals surface area (Å²) in [5, 5.41) is 11.5. The lowest BCUT2D eigenvalue weighted by molar-refractivity contribution is -0.161. The van der Waals surface area contributed by atoms with Crippen molar-refractivity contribution in [2.45, 2.75) is 76.7 Å². The molecule has 2 fully saturated rings. The van der Waals surface area contributed by atoms with Crippen molar-refractivity contribution in [2.24, 2.45) is 5.92 Å².